The second-order valence-electron chi connectivity index (χ2n) is 7.55. The van der Waals surface area contributed by atoms with E-state index in [4.69, 9.17) is 29.0 Å². The van der Waals surface area contributed by atoms with Crippen molar-refractivity contribution < 1.29 is 0 Å². The fraction of sp³-hybridized carbons (Fsp3) is 0.647. The van der Waals surface area contributed by atoms with E-state index >= 15 is 0 Å². The van der Waals surface area contributed by atoms with Gasteiger partial charge in [-0.05, 0) is 79.4 Å². The molecule has 3 N–H and O–H groups in total. The molecule has 4 heteroatoms. The molecule has 0 heterocycles. The van der Waals surface area contributed by atoms with Gasteiger partial charge in [0.25, 0.3) is 0 Å². The maximum Gasteiger partial charge on any atom is 0.0595 e. The van der Waals surface area contributed by atoms with Crippen LogP contribution in [0.25, 0.3) is 0 Å². The van der Waals surface area contributed by atoms with E-state index in [2.05, 4.69) is 11.5 Å². The molecule has 1 aromatic rings. The van der Waals surface area contributed by atoms with Gasteiger partial charge in [0.2, 0.25) is 0 Å². The quantitative estimate of drug-likeness (QED) is 0.624. The zero-order chi connectivity index (χ0) is 14.6. The molecule has 0 radical (unpaired) electrons. The van der Waals surface area contributed by atoms with Crippen LogP contribution in [0.5, 0.6) is 0 Å². The number of halogens is 2. The number of nitrogens with two attached hydrogens (primary N) is 1. The summed E-state index contributed by atoms with van der Waals surface area (Å²) >= 11 is 12.3. The molecule has 21 heavy (non-hydrogen) atoms. The third-order valence-corrected chi connectivity index (χ3v) is 6.88. The molecule has 1 atom stereocenters. The van der Waals surface area contributed by atoms with Crippen LogP contribution in [0, 0.1) is 23.2 Å². The second kappa shape index (κ2) is 5.13. The summed E-state index contributed by atoms with van der Waals surface area (Å²) < 4.78 is 0. The molecule has 2 nitrogen and oxygen atoms in total. The first kappa shape index (κ1) is 14.3. The van der Waals surface area contributed by atoms with Crippen molar-refractivity contribution in [2.45, 2.75) is 44.6 Å². The normalized spacial score (nSPS) is 38.7. The largest absolute Gasteiger partial charge is 0.271 e. The van der Waals surface area contributed by atoms with Crippen LogP contribution in [0.15, 0.2) is 18.2 Å². The minimum absolute atomic E-state index is 0.195. The van der Waals surface area contributed by atoms with Crippen molar-refractivity contribution in [3.8, 4) is 0 Å². The molecule has 4 saturated carbocycles. The van der Waals surface area contributed by atoms with Gasteiger partial charge in [0.1, 0.15) is 0 Å². The Morgan fingerprint density at radius 2 is 1.57 bits per heavy atom. The van der Waals surface area contributed by atoms with Crippen LogP contribution < -0.4 is 11.3 Å². The molecule has 4 bridgehead atoms. The fourth-order valence-corrected chi connectivity index (χ4v) is 6.16. The first-order valence-corrected chi connectivity index (χ1v) is 8.76. The molecule has 0 saturated heterocycles. The molecular weight excluding hydrogens is 303 g/mol. The molecule has 5 rings (SSSR count). The SMILES string of the molecule is NNC(c1ccc(Cl)c(Cl)c1)C12CC3CC(CC(C3)C1)C2. The van der Waals surface area contributed by atoms with Gasteiger partial charge in [-0.15, -0.1) is 0 Å². The topological polar surface area (TPSA) is 38.0 Å². The summed E-state index contributed by atoms with van der Waals surface area (Å²) in [5, 5.41) is 1.24. The Hall–Kier alpha value is -0.280. The molecule has 4 aliphatic carbocycles. The lowest BCUT2D eigenvalue weighted by Crippen LogP contribution is -2.53. The van der Waals surface area contributed by atoms with Crippen LogP contribution in [-0.4, -0.2) is 0 Å². The van der Waals surface area contributed by atoms with Gasteiger partial charge in [-0.2, -0.15) is 0 Å². The number of hydrogen-bond acceptors (Lipinski definition) is 2. The molecule has 0 amide bonds. The van der Waals surface area contributed by atoms with Crippen molar-refractivity contribution >= 4 is 23.2 Å². The highest BCUT2D eigenvalue weighted by atomic mass is 35.5. The molecule has 4 aliphatic rings. The molecule has 0 aromatic heterocycles. The third kappa shape index (κ3) is 2.31. The summed E-state index contributed by atoms with van der Waals surface area (Å²) in [6.07, 6.45) is 8.27. The Labute approximate surface area is 136 Å². The lowest BCUT2D eigenvalue weighted by molar-refractivity contribution is -0.0749. The molecule has 1 unspecified atom stereocenters. The summed E-state index contributed by atoms with van der Waals surface area (Å²) in [4.78, 5) is 0. The van der Waals surface area contributed by atoms with Crippen molar-refractivity contribution in [3.05, 3.63) is 33.8 Å². The number of nitrogens with one attached hydrogen (secondary N) is 1. The van der Waals surface area contributed by atoms with Gasteiger partial charge in [-0.3, -0.25) is 11.3 Å². The highest BCUT2D eigenvalue weighted by Crippen LogP contribution is 2.63. The molecular formula is C17H22Cl2N2. The monoisotopic (exact) mass is 324 g/mol. The van der Waals surface area contributed by atoms with E-state index < -0.39 is 0 Å². The van der Waals surface area contributed by atoms with Crippen molar-refractivity contribution in [2.75, 3.05) is 0 Å². The van der Waals surface area contributed by atoms with E-state index in [1.165, 1.54) is 44.1 Å². The smallest absolute Gasteiger partial charge is 0.0595 e. The minimum Gasteiger partial charge on any atom is -0.271 e. The summed E-state index contributed by atoms with van der Waals surface area (Å²) in [6, 6.07) is 6.16. The summed E-state index contributed by atoms with van der Waals surface area (Å²) in [7, 11) is 0. The average molecular weight is 325 g/mol. The Morgan fingerprint density at radius 1 is 1.00 bits per heavy atom. The average Bonchev–Trinajstić information content (AvgIpc) is 2.41. The van der Waals surface area contributed by atoms with Gasteiger partial charge in [-0.1, -0.05) is 29.3 Å². The van der Waals surface area contributed by atoms with E-state index in [1.54, 1.807) is 0 Å². The van der Waals surface area contributed by atoms with Crippen molar-refractivity contribution in [1.82, 2.24) is 5.43 Å². The zero-order valence-electron chi connectivity index (χ0n) is 12.1. The van der Waals surface area contributed by atoms with Crippen LogP contribution in [0.4, 0.5) is 0 Å². The Kier molecular flexibility index (Phi) is 3.50. The molecule has 0 spiro atoms. The number of hydrogen-bond donors (Lipinski definition) is 2. The van der Waals surface area contributed by atoms with Crippen LogP contribution in [-0.2, 0) is 0 Å². The highest BCUT2D eigenvalue weighted by Gasteiger charge is 2.54. The lowest BCUT2D eigenvalue weighted by atomic mass is 9.47. The van der Waals surface area contributed by atoms with Crippen molar-refractivity contribution in [3.63, 3.8) is 0 Å². The maximum atomic E-state index is 6.22. The molecule has 4 fully saturated rings. The first-order valence-electron chi connectivity index (χ1n) is 8.01. The Balaban J connectivity index is 1.70. The van der Waals surface area contributed by atoms with Gasteiger partial charge in [0.05, 0.1) is 16.1 Å². The molecule has 1 aromatic carbocycles. The number of rotatable bonds is 3. The lowest BCUT2D eigenvalue weighted by Gasteiger charge is -2.59. The van der Waals surface area contributed by atoms with E-state index in [-0.39, 0.29) is 6.04 Å². The van der Waals surface area contributed by atoms with Crippen LogP contribution in [0.2, 0.25) is 10.0 Å². The van der Waals surface area contributed by atoms with Gasteiger partial charge >= 0.3 is 0 Å². The van der Waals surface area contributed by atoms with Crippen molar-refractivity contribution in [1.29, 1.82) is 0 Å². The van der Waals surface area contributed by atoms with Crippen molar-refractivity contribution in [2.24, 2.45) is 29.0 Å². The Morgan fingerprint density at radius 3 is 2.05 bits per heavy atom. The van der Waals surface area contributed by atoms with E-state index in [0.717, 1.165) is 17.8 Å². The molecule has 114 valence electrons. The summed E-state index contributed by atoms with van der Waals surface area (Å²) in [5.41, 5.74) is 4.63. The highest BCUT2D eigenvalue weighted by molar-refractivity contribution is 6.42. The van der Waals surface area contributed by atoms with Gasteiger partial charge < -0.3 is 0 Å². The van der Waals surface area contributed by atoms with Gasteiger partial charge in [0.15, 0.2) is 0 Å². The Bertz CT molecular complexity index is 522. The van der Waals surface area contributed by atoms with Gasteiger partial charge in [-0.25, -0.2) is 0 Å². The fourth-order valence-electron chi connectivity index (χ4n) is 5.85. The second-order valence-corrected chi connectivity index (χ2v) is 8.37. The van der Waals surface area contributed by atoms with E-state index in [0.29, 0.717) is 15.5 Å². The van der Waals surface area contributed by atoms with Crippen LogP contribution >= 0.6 is 23.2 Å². The maximum absolute atomic E-state index is 6.22. The summed E-state index contributed by atoms with van der Waals surface area (Å²) in [5.74, 6) is 8.72. The predicted molar refractivity (Wildman–Crippen MR) is 87.1 cm³/mol. The summed E-state index contributed by atoms with van der Waals surface area (Å²) in [6.45, 7) is 0. The minimum atomic E-state index is 0.195. The number of benzene rings is 1. The van der Waals surface area contributed by atoms with Crippen LogP contribution in [0.1, 0.15) is 50.1 Å². The standard InChI is InChI=1S/C17H22Cl2N2/c18-14-2-1-13(6-15(14)19)16(21-20)17-7-10-3-11(8-17)5-12(4-10)9-17/h1-2,6,10-12,16,21H,3-5,7-9,20H2. The molecule has 0 aliphatic heterocycles. The van der Waals surface area contributed by atoms with E-state index in [9.17, 15) is 0 Å². The predicted octanol–water partition coefficient (Wildman–Crippen LogP) is 4.71. The first-order chi connectivity index (χ1) is 10.1. The van der Waals surface area contributed by atoms with Crippen LogP contribution in [0.3, 0.4) is 0 Å². The third-order valence-electron chi connectivity index (χ3n) is 6.14. The number of hydrazine groups is 1. The van der Waals surface area contributed by atoms with E-state index in [1.807, 2.05) is 12.1 Å². The zero-order valence-corrected chi connectivity index (χ0v) is 13.6. The van der Waals surface area contributed by atoms with Gasteiger partial charge in [0, 0.05) is 0 Å².